The molecule has 0 N–H and O–H groups in total. The monoisotopic (exact) mass is 571 g/mol. The lowest BCUT2D eigenvalue weighted by Crippen LogP contribution is -2.25. The van der Waals surface area contributed by atoms with Gasteiger partial charge in [0.25, 0.3) is 5.56 Å². The zero-order valence-corrected chi connectivity index (χ0v) is 21.4. The number of hydrogen-bond donors (Lipinski definition) is 0. The number of rotatable bonds is 6. The largest absolute Gasteiger partial charge is 0.493 e. The van der Waals surface area contributed by atoms with Crippen LogP contribution in [-0.4, -0.2) is 29.6 Å². The van der Waals surface area contributed by atoms with Crippen LogP contribution in [0.5, 0.6) is 11.5 Å². The number of nitrogens with zero attached hydrogens (tertiary/aromatic N) is 3. The lowest BCUT2D eigenvalue weighted by molar-refractivity contribution is 0.329. The maximum atomic E-state index is 13.4. The first-order valence-electron chi connectivity index (χ1n) is 10.7. The maximum absolute atomic E-state index is 13.4. The smallest absolute Gasteiger partial charge is 0.282 e. The predicted octanol–water partition coefficient (Wildman–Crippen LogP) is 5.87. The van der Waals surface area contributed by atoms with E-state index in [-0.39, 0.29) is 18.1 Å². The van der Waals surface area contributed by atoms with Crippen LogP contribution in [0.3, 0.4) is 0 Å². The van der Waals surface area contributed by atoms with Crippen molar-refractivity contribution in [3.05, 3.63) is 61.0 Å². The van der Waals surface area contributed by atoms with Crippen LogP contribution in [0, 0.1) is 12.3 Å². The number of benzene rings is 2. The molecule has 1 aromatic heterocycles. The average Bonchev–Trinajstić information content (AvgIpc) is 2.83. The Morgan fingerprint density at radius 2 is 2.03 bits per heavy atom. The molecule has 1 saturated carbocycles. The highest BCUT2D eigenvalue weighted by molar-refractivity contribution is 9.10. The second-order valence-corrected chi connectivity index (χ2v) is 9.62. The van der Waals surface area contributed by atoms with E-state index in [2.05, 4.69) is 42.9 Å². The number of terminal acetylenes is 1. The maximum Gasteiger partial charge on any atom is 0.282 e. The third-order valence-corrected chi connectivity index (χ3v) is 6.76. The summed E-state index contributed by atoms with van der Waals surface area (Å²) in [6.07, 6.45) is 12.4. The molecule has 33 heavy (non-hydrogen) atoms. The summed E-state index contributed by atoms with van der Waals surface area (Å²) in [6, 6.07) is 9.20. The number of hydrogen-bond acceptors (Lipinski definition) is 5. The van der Waals surface area contributed by atoms with E-state index < -0.39 is 0 Å². The summed E-state index contributed by atoms with van der Waals surface area (Å²) < 4.78 is 14.0. The molecule has 0 bridgehead atoms. The summed E-state index contributed by atoms with van der Waals surface area (Å²) in [4.78, 5) is 18.3. The Kier molecular flexibility index (Phi) is 7.51. The molecule has 0 saturated heterocycles. The second kappa shape index (κ2) is 10.5. The molecule has 0 radical (unpaired) electrons. The van der Waals surface area contributed by atoms with Gasteiger partial charge in [-0.25, -0.2) is 4.98 Å². The van der Waals surface area contributed by atoms with Gasteiger partial charge in [-0.3, -0.25) is 4.79 Å². The first-order valence-corrected chi connectivity index (χ1v) is 12.3. The van der Waals surface area contributed by atoms with E-state index in [1.165, 1.54) is 11.1 Å². The summed E-state index contributed by atoms with van der Waals surface area (Å²) in [6.45, 7) is 0.126. The van der Waals surface area contributed by atoms with E-state index in [0.717, 1.165) is 35.7 Å². The van der Waals surface area contributed by atoms with Gasteiger partial charge in [-0.15, -0.1) is 6.42 Å². The van der Waals surface area contributed by atoms with Crippen LogP contribution in [0.4, 0.5) is 0 Å². The highest BCUT2D eigenvalue weighted by atomic mass is 79.9. The fraction of sp³-hybridized carbons (Fsp3) is 0.320. The molecule has 8 heteroatoms. The Labute approximate surface area is 209 Å². The van der Waals surface area contributed by atoms with Gasteiger partial charge in [-0.1, -0.05) is 41.1 Å². The van der Waals surface area contributed by atoms with Crippen molar-refractivity contribution >= 4 is 49.0 Å². The molecule has 0 aliphatic heterocycles. The standard InChI is InChI=1S/C25H23Br2N3O3/c1-3-11-33-23-20(27)12-16(13-22(23)32-2)15-28-30-24(17-7-5-4-6-8-17)29-21-10-9-18(26)14-19(21)25(30)31/h1,9-10,12-15,17H,4-8,11H2,2H3. The molecular weight excluding hydrogens is 550 g/mol. The molecule has 3 aromatic rings. The molecular formula is C25H23Br2N3O3. The van der Waals surface area contributed by atoms with Crippen LogP contribution in [0.1, 0.15) is 49.4 Å². The van der Waals surface area contributed by atoms with Crippen molar-refractivity contribution in [1.29, 1.82) is 0 Å². The van der Waals surface area contributed by atoms with Crippen LogP contribution in [0.25, 0.3) is 10.9 Å². The van der Waals surface area contributed by atoms with Gasteiger partial charge in [0.1, 0.15) is 12.4 Å². The Hall–Kier alpha value is -2.63. The van der Waals surface area contributed by atoms with Gasteiger partial charge in [0.05, 0.1) is 28.7 Å². The minimum Gasteiger partial charge on any atom is -0.493 e. The fourth-order valence-electron chi connectivity index (χ4n) is 4.10. The molecule has 0 spiro atoms. The van der Waals surface area contributed by atoms with Crippen LogP contribution < -0.4 is 15.0 Å². The lowest BCUT2D eigenvalue weighted by atomic mass is 9.88. The highest BCUT2D eigenvalue weighted by Gasteiger charge is 2.22. The van der Waals surface area contributed by atoms with E-state index in [1.54, 1.807) is 25.5 Å². The Bertz CT molecular complexity index is 1300. The van der Waals surface area contributed by atoms with Crippen molar-refractivity contribution in [3.63, 3.8) is 0 Å². The SMILES string of the molecule is C#CCOc1c(Br)cc(C=Nn2c(C3CCCCC3)nc3ccc(Br)cc3c2=O)cc1OC. The van der Waals surface area contributed by atoms with Crippen molar-refractivity contribution in [2.45, 2.75) is 38.0 Å². The molecule has 0 atom stereocenters. The van der Waals surface area contributed by atoms with Crippen LogP contribution in [-0.2, 0) is 0 Å². The second-order valence-electron chi connectivity index (χ2n) is 7.85. The molecule has 1 heterocycles. The van der Waals surface area contributed by atoms with Crippen molar-refractivity contribution in [2.75, 3.05) is 13.7 Å². The summed E-state index contributed by atoms with van der Waals surface area (Å²) in [5.74, 6) is 4.40. The summed E-state index contributed by atoms with van der Waals surface area (Å²) in [5, 5.41) is 5.12. The molecule has 170 valence electrons. The quantitative estimate of drug-likeness (QED) is 0.273. The number of methoxy groups -OCH3 is 1. The molecule has 1 aliphatic carbocycles. The number of fused-ring (bicyclic) bond motifs is 1. The number of aromatic nitrogens is 2. The van der Waals surface area contributed by atoms with Crippen molar-refractivity contribution in [3.8, 4) is 23.8 Å². The first-order chi connectivity index (χ1) is 16.0. The minimum atomic E-state index is -0.182. The molecule has 1 aliphatic rings. The molecule has 1 fully saturated rings. The van der Waals surface area contributed by atoms with Gasteiger partial charge in [0.2, 0.25) is 0 Å². The fourth-order valence-corrected chi connectivity index (χ4v) is 5.03. The molecule has 6 nitrogen and oxygen atoms in total. The van der Waals surface area contributed by atoms with E-state index in [0.29, 0.717) is 32.7 Å². The van der Waals surface area contributed by atoms with E-state index in [9.17, 15) is 4.79 Å². The highest BCUT2D eigenvalue weighted by Crippen LogP contribution is 2.36. The summed E-state index contributed by atoms with van der Waals surface area (Å²) in [5.41, 5.74) is 1.25. The van der Waals surface area contributed by atoms with Crippen molar-refractivity contribution < 1.29 is 9.47 Å². The Balaban J connectivity index is 1.80. The van der Waals surface area contributed by atoms with E-state index in [4.69, 9.17) is 20.9 Å². The zero-order chi connectivity index (χ0) is 23.4. The summed E-state index contributed by atoms with van der Waals surface area (Å²) >= 11 is 6.96. The number of halogens is 2. The van der Waals surface area contributed by atoms with Crippen LogP contribution >= 0.6 is 31.9 Å². The van der Waals surface area contributed by atoms with E-state index in [1.807, 2.05) is 18.2 Å². The van der Waals surface area contributed by atoms with Crippen LogP contribution in [0.2, 0.25) is 0 Å². The zero-order valence-electron chi connectivity index (χ0n) is 18.2. The third kappa shape index (κ3) is 5.15. The topological polar surface area (TPSA) is 65.7 Å². The lowest BCUT2D eigenvalue weighted by Gasteiger charge is -2.22. The predicted molar refractivity (Wildman–Crippen MR) is 138 cm³/mol. The van der Waals surface area contributed by atoms with E-state index >= 15 is 0 Å². The van der Waals surface area contributed by atoms with Crippen LogP contribution in [0.15, 0.2) is 49.2 Å². The van der Waals surface area contributed by atoms with Gasteiger partial charge in [-0.05, 0) is 64.7 Å². The average molecular weight is 573 g/mol. The van der Waals surface area contributed by atoms with Gasteiger partial charge in [0, 0.05) is 10.4 Å². The molecule has 2 aromatic carbocycles. The van der Waals surface area contributed by atoms with Crippen molar-refractivity contribution in [1.82, 2.24) is 9.66 Å². The van der Waals surface area contributed by atoms with Crippen molar-refractivity contribution in [2.24, 2.45) is 5.10 Å². The Morgan fingerprint density at radius 3 is 2.76 bits per heavy atom. The van der Waals surface area contributed by atoms with Gasteiger partial charge in [-0.2, -0.15) is 9.78 Å². The normalized spacial score (nSPS) is 14.5. The summed E-state index contributed by atoms with van der Waals surface area (Å²) in [7, 11) is 1.56. The molecule has 0 unspecified atom stereocenters. The first kappa shape index (κ1) is 23.5. The third-order valence-electron chi connectivity index (χ3n) is 5.68. The molecule has 0 amide bonds. The minimum absolute atomic E-state index is 0.126. The van der Waals surface area contributed by atoms with Gasteiger partial charge < -0.3 is 9.47 Å². The van der Waals surface area contributed by atoms with Gasteiger partial charge >= 0.3 is 0 Å². The molecule has 4 rings (SSSR count). The number of ether oxygens (including phenoxy) is 2. The van der Waals surface area contributed by atoms with Gasteiger partial charge in [0.15, 0.2) is 11.5 Å². The Morgan fingerprint density at radius 1 is 1.24 bits per heavy atom.